The number of sulfonamides is 1. The number of rotatable bonds is 5. The van der Waals surface area contributed by atoms with Crippen LogP contribution in [0.5, 0.6) is 0 Å². The minimum absolute atomic E-state index is 0.203. The van der Waals surface area contributed by atoms with Gasteiger partial charge in [-0.15, -0.1) is 0 Å². The standard InChI is InChI=1S/C19H23N5O3S/c1-28(26,27)23-16-3-2-4-17-15(16)10-12-24(17)18-9-11-20-19(22-18)21-13-5-7-14(25)8-6-13/h2-4,9-14,23,25H,5-8H2,1H3,(H,20,21,22). The van der Waals surface area contributed by atoms with Crippen LogP contribution in [0.1, 0.15) is 25.7 Å². The predicted octanol–water partition coefficient (Wildman–Crippen LogP) is 2.51. The Morgan fingerprint density at radius 3 is 2.68 bits per heavy atom. The Labute approximate surface area is 163 Å². The lowest BCUT2D eigenvalue weighted by Crippen LogP contribution is -2.29. The van der Waals surface area contributed by atoms with Gasteiger partial charge in [-0.1, -0.05) is 6.07 Å². The molecule has 0 bridgehead atoms. The summed E-state index contributed by atoms with van der Waals surface area (Å²) < 4.78 is 27.7. The molecule has 28 heavy (non-hydrogen) atoms. The van der Waals surface area contributed by atoms with Gasteiger partial charge in [0.2, 0.25) is 16.0 Å². The van der Waals surface area contributed by atoms with Gasteiger partial charge in [-0.05, 0) is 49.9 Å². The number of aliphatic hydroxyl groups excluding tert-OH is 1. The van der Waals surface area contributed by atoms with E-state index in [1.54, 1.807) is 18.3 Å². The zero-order chi connectivity index (χ0) is 19.7. The van der Waals surface area contributed by atoms with E-state index in [1.165, 1.54) is 0 Å². The van der Waals surface area contributed by atoms with Crippen molar-refractivity contribution in [2.24, 2.45) is 0 Å². The minimum Gasteiger partial charge on any atom is -0.393 e. The fourth-order valence-electron chi connectivity index (χ4n) is 3.61. The second kappa shape index (κ2) is 7.40. The molecular weight excluding hydrogens is 378 g/mol. The van der Waals surface area contributed by atoms with Gasteiger partial charge >= 0.3 is 0 Å². The largest absolute Gasteiger partial charge is 0.393 e. The highest BCUT2D eigenvalue weighted by Gasteiger charge is 2.20. The highest BCUT2D eigenvalue weighted by molar-refractivity contribution is 7.92. The van der Waals surface area contributed by atoms with Gasteiger partial charge in [0.05, 0.1) is 23.6 Å². The number of hydrogen-bond acceptors (Lipinski definition) is 6. The summed E-state index contributed by atoms with van der Waals surface area (Å²) in [6, 6.07) is 9.39. The molecular formula is C19H23N5O3S. The molecule has 3 aromatic rings. The van der Waals surface area contributed by atoms with Gasteiger partial charge in [0, 0.05) is 23.8 Å². The molecule has 2 heterocycles. The van der Waals surface area contributed by atoms with Crippen molar-refractivity contribution in [2.45, 2.75) is 37.8 Å². The van der Waals surface area contributed by atoms with E-state index >= 15 is 0 Å². The molecule has 0 spiro atoms. The normalized spacial score (nSPS) is 20.2. The van der Waals surface area contributed by atoms with Crippen molar-refractivity contribution in [3.63, 3.8) is 0 Å². The average molecular weight is 401 g/mol. The molecule has 0 unspecified atom stereocenters. The highest BCUT2D eigenvalue weighted by atomic mass is 32.2. The van der Waals surface area contributed by atoms with Crippen LogP contribution in [0.2, 0.25) is 0 Å². The summed E-state index contributed by atoms with van der Waals surface area (Å²) >= 11 is 0. The van der Waals surface area contributed by atoms with E-state index in [9.17, 15) is 13.5 Å². The van der Waals surface area contributed by atoms with E-state index in [-0.39, 0.29) is 12.1 Å². The summed E-state index contributed by atoms with van der Waals surface area (Å²) in [5, 5.41) is 13.8. The van der Waals surface area contributed by atoms with Crippen molar-refractivity contribution >= 4 is 32.6 Å². The molecule has 3 N–H and O–H groups in total. The topological polar surface area (TPSA) is 109 Å². The average Bonchev–Trinajstić information content (AvgIpc) is 3.08. The Kier molecular flexibility index (Phi) is 4.94. The Balaban J connectivity index is 1.62. The maximum atomic E-state index is 11.6. The summed E-state index contributed by atoms with van der Waals surface area (Å²) in [6.45, 7) is 0. The quantitative estimate of drug-likeness (QED) is 0.606. The molecule has 0 radical (unpaired) electrons. The van der Waals surface area contributed by atoms with Gasteiger partial charge in [0.1, 0.15) is 5.82 Å². The molecule has 4 rings (SSSR count). The Morgan fingerprint density at radius 2 is 1.93 bits per heavy atom. The van der Waals surface area contributed by atoms with Gasteiger partial charge in [-0.2, -0.15) is 4.98 Å². The molecule has 9 heteroatoms. The molecule has 1 fully saturated rings. The van der Waals surface area contributed by atoms with Crippen molar-refractivity contribution in [1.82, 2.24) is 14.5 Å². The zero-order valence-corrected chi connectivity index (χ0v) is 16.4. The van der Waals surface area contributed by atoms with Crippen LogP contribution in [-0.2, 0) is 10.0 Å². The van der Waals surface area contributed by atoms with Gasteiger partial charge in [-0.25, -0.2) is 13.4 Å². The first-order chi connectivity index (χ1) is 13.4. The third kappa shape index (κ3) is 4.10. The number of aromatic nitrogens is 3. The lowest BCUT2D eigenvalue weighted by atomic mass is 9.93. The number of nitrogens with zero attached hydrogens (tertiary/aromatic N) is 3. The molecule has 1 aromatic carbocycles. The highest BCUT2D eigenvalue weighted by Crippen LogP contribution is 2.27. The predicted molar refractivity (Wildman–Crippen MR) is 109 cm³/mol. The van der Waals surface area contributed by atoms with Crippen molar-refractivity contribution in [3.05, 3.63) is 42.7 Å². The summed E-state index contributed by atoms with van der Waals surface area (Å²) in [7, 11) is -3.36. The third-order valence-electron chi connectivity index (χ3n) is 4.95. The molecule has 1 saturated carbocycles. The zero-order valence-electron chi connectivity index (χ0n) is 15.5. The fourth-order valence-corrected chi connectivity index (χ4v) is 4.19. The maximum Gasteiger partial charge on any atom is 0.229 e. The number of aliphatic hydroxyl groups is 1. The first-order valence-electron chi connectivity index (χ1n) is 9.25. The summed E-state index contributed by atoms with van der Waals surface area (Å²) in [5.74, 6) is 1.24. The summed E-state index contributed by atoms with van der Waals surface area (Å²) in [6.07, 6.45) is 7.85. The molecule has 0 atom stereocenters. The summed E-state index contributed by atoms with van der Waals surface area (Å²) in [4.78, 5) is 8.94. The molecule has 0 saturated heterocycles. The minimum atomic E-state index is -3.36. The fraction of sp³-hybridized carbons (Fsp3) is 0.368. The monoisotopic (exact) mass is 401 g/mol. The first kappa shape index (κ1) is 18.7. The number of anilines is 2. The van der Waals surface area contributed by atoms with Crippen LogP contribution in [0, 0.1) is 0 Å². The Morgan fingerprint density at radius 1 is 1.14 bits per heavy atom. The van der Waals surface area contributed by atoms with Crippen LogP contribution in [0.4, 0.5) is 11.6 Å². The van der Waals surface area contributed by atoms with Crippen molar-refractivity contribution in [2.75, 3.05) is 16.3 Å². The second-order valence-electron chi connectivity index (χ2n) is 7.19. The molecule has 1 aliphatic carbocycles. The first-order valence-corrected chi connectivity index (χ1v) is 11.1. The number of benzene rings is 1. The van der Waals surface area contributed by atoms with E-state index in [2.05, 4.69) is 20.0 Å². The van der Waals surface area contributed by atoms with Crippen LogP contribution in [0.25, 0.3) is 16.7 Å². The SMILES string of the molecule is CS(=O)(=O)Nc1cccc2c1ccn2-c1ccnc(NC2CCC(O)CC2)n1. The lowest BCUT2D eigenvalue weighted by Gasteiger charge is -2.26. The van der Waals surface area contributed by atoms with Crippen LogP contribution < -0.4 is 10.0 Å². The van der Waals surface area contributed by atoms with Crippen LogP contribution in [0.15, 0.2) is 42.7 Å². The molecule has 148 valence electrons. The number of nitrogens with one attached hydrogen (secondary N) is 2. The van der Waals surface area contributed by atoms with Crippen LogP contribution >= 0.6 is 0 Å². The van der Waals surface area contributed by atoms with Crippen LogP contribution in [-0.4, -0.2) is 46.5 Å². The van der Waals surface area contributed by atoms with E-state index in [0.717, 1.165) is 42.8 Å². The van der Waals surface area contributed by atoms with Gasteiger partial charge in [0.15, 0.2) is 0 Å². The summed E-state index contributed by atoms with van der Waals surface area (Å²) in [5.41, 5.74) is 1.38. The maximum absolute atomic E-state index is 11.6. The van der Waals surface area contributed by atoms with Crippen LogP contribution in [0.3, 0.4) is 0 Å². The molecule has 1 aliphatic rings. The van der Waals surface area contributed by atoms with E-state index in [0.29, 0.717) is 17.5 Å². The number of fused-ring (bicyclic) bond motifs is 1. The Bertz CT molecular complexity index is 1090. The van der Waals surface area contributed by atoms with Gasteiger partial charge in [-0.3, -0.25) is 4.72 Å². The molecule has 8 nitrogen and oxygen atoms in total. The van der Waals surface area contributed by atoms with E-state index < -0.39 is 10.0 Å². The van der Waals surface area contributed by atoms with E-state index in [1.807, 2.05) is 29.0 Å². The van der Waals surface area contributed by atoms with Crippen molar-refractivity contribution in [1.29, 1.82) is 0 Å². The Hall–Kier alpha value is -2.65. The second-order valence-corrected chi connectivity index (χ2v) is 8.94. The smallest absolute Gasteiger partial charge is 0.229 e. The molecule has 2 aromatic heterocycles. The van der Waals surface area contributed by atoms with Gasteiger partial charge < -0.3 is 15.0 Å². The lowest BCUT2D eigenvalue weighted by molar-refractivity contribution is 0.126. The van der Waals surface area contributed by atoms with Gasteiger partial charge in [0.25, 0.3) is 0 Å². The number of hydrogen-bond donors (Lipinski definition) is 3. The molecule has 0 amide bonds. The van der Waals surface area contributed by atoms with E-state index in [4.69, 9.17) is 0 Å². The third-order valence-corrected chi connectivity index (χ3v) is 5.54. The molecule has 0 aliphatic heterocycles. The van der Waals surface area contributed by atoms with Crippen molar-refractivity contribution in [3.8, 4) is 5.82 Å². The van der Waals surface area contributed by atoms with Crippen molar-refractivity contribution < 1.29 is 13.5 Å².